The van der Waals surface area contributed by atoms with Crippen LogP contribution in [0.1, 0.15) is 5.56 Å². The van der Waals surface area contributed by atoms with E-state index in [1.807, 2.05) is 0 Å². The summed E-state index contributed by atoms with van der Waals surface area (Å²) in [5.41, 5.74) is 0.0844. The lowest BCUT2D eigenvalue weighted by atomic mass is 10.1. The van der Waals surface area contributed by atoms with E-state index >= 15 is 0 Å². The first kappa shape index (κ1) is 14.4. The van der Waals surface area contributed by atoms with Crippen molar-refractivity contribution in [3.8, 4) is 11.5 Å². The number of carboxylic acids is 1. The number of rotatable bonds is 4. The molecule has 1 aromatic carbocycles. The summed E-state index contributed by atoms with van der Waals surface area (Å²) in [6, 6.07) is 1.81. The summed E-state index contributed by atoms with van der Waals surface area (Å²) in [4.78, 5) is 10.6. The second-order valence-corrected chi connectivity index (χ2v) is 3.61. The topological polar surface area (TPSA) is 55.8 Å². The Hall–Kier alpha value is -1.63. The van der Waals surface area contributed by atoms with Gasteiger partial charge in [0.15, 0.2) is 0 Å². The maximum Gasteiger partial charge on any atom is 0.573 e. The zero-order valence-corrected chi connectivity index (χ0v) is 9.80. The second-order valence-electron chi connectivity index (χ2n) is 3.20. The van der Waals surface area contributed by atoms with Crippen molar-refractivity contribution in [3.63, 3.8) is 0 Å². The van der Waals surface area contributed by atoms with Gasteiger partial charge in [0.1, 0.15) is 11.5 Å². The monoisotopic (exact) mass is 284 g/mol. The zero-order chi connectivity index (χ0) is 13.9. The molecule has 0 saturated heterocycles. The molecule has 0 spiro atoms. The number of aliphatic carboxylic acids is 1. The number of carbonyl (C=O) groups is 1. The van der Waals surface area contributed by atoms with E-state index in [-0.39, 0.29) is 16.3 Å². The Morgan fingerprint density at radius 1 is 1.44 bits per heavy atom. The minimum Gasteiger partial charge on any atom is -0.496 e. The highest BCUT2D eigenvalue weighted by molar-refractivity contribution is 6.31. The quantitative estimate of drug-likeness (QED) is 0.924. The molecule has 4 nitrogen and oxygen atoms in total. The molecule has 1 rings (SSSR count). The van der Waals surface area contributed by atoms with E-state index in [1.165, 1.54) is 7.11 Å². The summed E-state index contributed by atoms with van der Waals surface area (Å²) in [5, 5.41) is 8.47. The van der Waals surface area contributed by atoms with E-state index in [2.05, 4.69) is 4.74 Å². The second kappa shape index (κ2) is 5.34. The van der Waals surface area contributed by atoms with E-state index in [0.29, 0.717) is 0 Å². The van der Waals surface area contributed by atoms with E-state index < -0.39 is 24.5 Å². The molecular formula is C10H8ClF3O4. The van der Waals surface area contributed by atoms with Crippen LogP contribution in [0.4, 0.5) is 13.2 Å². The fourth-order valence-corrected chi connectivity index (χ4v) is 1.55. The highest BCUT2D eigenvalue weighted by Gasteiger charge is 2.31. The Morgan fingerprint density at radius 3 is 2.50 bits per heavy atom. The van der Waals surface area contributed by atoms with Crippen molar-refractivity contribution in [1.29, 1.82) is 0 Å². The van der Waals surface area contributed by atoms with Gasteiger partial charge in [0, 0.05) is 11.6 Å². The van der Waals surface area contributed by atoms with Gasteiger partial charge in [-0.2, -0.15) is 0 Å². The molecule has 0 bridgehead atoms. The first-order chi connectivity index (χ1) is 8.23. The fourth-order valence-electron chi connectivity index (χ4n) is 1.29. The van der Waals surface area contributed by atoms with Crippen LogP contribution in [-0.4, -0.2) is 24.5 Å². The zero-order valence-electron chi connectivity index (χ0n) is 9.05. The molecule has 0 aromatic heterocycles. The number of carboxylic acid groups (broad SMARTS) is 1. The summed E-state index contributed by atoms with van der Waals surface area (Å²) >= 11 is 5.70. The Labute approximate surface area is 105 Å². The van der Waals surface area contributed by atoms with Crippen molar-refractivity contribution in [3.05, 3.63) is 22.7 Å². The van der Waals surface area contributed by atoms with Crippen LogP contribution in [0.2, 0.25) is 5.02 Å². The fraction of sp³-hybridized carbons (Fsp3) is 0.300. The largest absolute Gasteiger partial charge is 0.573 e. The van der Waals surface area contributed by atoms with Crippen LogP contribution < -0.4 is 9.47 Å². The van der Waals surface area contributed by atoms with Crippen LogP contribution in [0.15, 0.2) is 12.1 Å². The normalized spacial score (nSPS) is 11.2. The molecular weight excluding hydrogens is 277 g/mol. The van der Waals surface area contributed by atoms with Crippen molar-refractivity contribution >= 4 is 17.6 Å². The Kier molecular flexibility index (Phi) is 4.28. The molecule has 0 saturated carbocycles. The summed E-state index contributed by atoms with van der Waals surface area (Å²) in [7, 11) is 1.19. The molecule has 0 atom stereocenters. The van der Waals surface area contributed by atoms with Gasteiger partial charge in [0.2, 0.25) is 0 Å². The standard InChI is InChI=1S/C10H8ClF3O4/c1-17-8-3-5(18-10(12,13)14)2-7(11)6(8)4-9(15)16/h2-3H,4H2,1H3,(H,15,16). The van der Waals surface area contributed by atoms with Crippen LogP contribution in [0.5, 0.6) is 11.5 Å². The van der Waals surface area contributed by atoms with Gasteiger partial charge < -0.3 is 14.6 Å². The lowest BCUT2D eigenvalue weighted by Gasteiger charge is -2.13. The van der Waals surface area contributed by atoms with Crippen LogP contribution in [-0.2, 0) is 11.2 Å². The van der Waals surface area contributed by atoms with Crippen molar-refractivity contribution in [2.75, 3.05) is 7.11 Å². The number of hydrogen-bond acceptors (Lipinski definition) is 3. The maximum absolute atomic E-state index is 12.0. The van der Waals surface area contributed by atoms with Crippen molar-refractivity contribution < 1.29 is 32.5 Å². The molecule has 0 aliphatic carbocycles. The van der Waals surface area contributed by atoms with E-state index in [4.69, 9.17) is 21.4 Å². The van der Waals surface area contributed by atoms with Gasteiger partial charge in [-0.3, -0.25) is 4.79 Å². The third-order valence-electron chi connectivity index (χ3n) is 1.91. The first-order valence-electron chi connectivity index (χ1n) is 4.57. The molecule has 0 fully saturated rings. The van der Waals surface area contributed by atoms with Crippen molar-refractivity contribution in [2.24, 2.45) is 0 Å². The number of halogens is 4. The molecule has 18 heavy (non-hydrogen) atoms. The minimum absolute atomic E-state index is 0.0795. The molecule has 0 radical (unpaired) electrons. The Balaban J connectivity index is 3.14. The summed E-state index contributed by atoms with van der Waals surface area (Å²) in [5.74, 6) is -1.83. The summed E-state index contributed by atoms with van der Waals surface area (Å²) in [6.07, 6.45) is -5.32. The number of ether oxygens (including phenoxy) is 2. The van der Waals surface area contributed by atoms with Crippen LogP contribution in [0.3, 0.4) is 0 Å². The molecule has 100 valence electrons. The third kappa shape index (κ3) is 3.99. The van der Waals surface area contributed by atoms with Crippen molar-refractivity contribution in [2.45, 2.75) is 12.8 Å². The maximum atomic E-state index is 12.0. The molecule has 8 heteroatoms. The van der Waals surface area contributed by atoms with Crippen LogP contribution >= 0.6 is 11.6 Å². The molecule has 0 heterocycles. The number of alkyl halides is 3. The lowest BCUT2D eigenvalue weighted by Crippen LogP contribution is -2.17. The Bertz CT molecular complexity index is 459. The van der Waals surface area contributed by atoms with Crippen LogP contribution in [0.25, 0.3) is 0 Å². The SMILES string of the molecule is COc1cc(OC(F)(F)F)cc(Cl)c1CC(=O)O. The van der Waals surface area contributed by atoms with Gasteiger partial charge in [-0.05, 0) is 6.07 Å². The lowest BCUT2D eigenvalue weighted by molar-refractivity contribution is -0.274. The average Bonchev–Trinajstić information content (AvgIpc) is 2.18. The summed E-state index contributed by atoms with van der Waals surface area (Å²) in [6.45, 7) is 0. The molecule has 0 unspecified atom stereocenters. The van der Waals surface area contributed by atoms with Gasteiger partial charge in [0.05, 0.1) is 18.6 Å². The van der Waals surface area contributed by atoms with Crippen LogP contribution in [0, 0.1) is 0 Å². The smallest absolute Gasteiger partial charge is 0.496 e. The predicted octanol–water partition coefficient (Wildman–Crippen LogP) is 2.87. The predicted molar refractivity (Wildman–Crippen MR) is 56.0 cm³/mol. The first-order valence-corrected chi connectivity index (χ1v) is 4.94. The molecule has 0 aliphatic heterocycles. The summed E-state index contributed by atoms with van der Waals surface area (Å²) < 4.78 is 44.5. The van der Waals surface area contributed by atoms with E-state index in [1.54, 1.807) is 0 Å². The van der Waals surface area contributed by atoms with Gasteiger partial charge in [-0.25, -0.2) is 0 Å². The van der Waals surface area contributed by atoms with E-state index in [0.717, 1.165) is 12.1 Å². The minimum atomic E-state index is -4.86. The number of benzene rings is 1. The highest BCUT2D eigenvalue weighted by atomic mass is 35.5. The molecule has 0 amide bonds. The van der Waals surface area contributed by atoms with Gasteiger partial charge in [-0.1, -0.05) is 11.6 Å². The molecule has 1 aromatic rings. The molecule has 0 aliphatic rings. The Morgan fingerprint density at radius 2 is 2.06 bits per heavy atom. The van der Waals surface area contributed by atoms with Gasteiger partial charge >= 0.3 is 12.3 Å². The average molecular weight is 285 g/mol. The van der Waals surface area contributed by atoms with E-state index in [9.17, 15) is 18.0 Å². The molecule has 1 N–H and O–H groups in total. The highest BCUT2D eigenvalue weighted by Crippen LogP contribution is 2.34. The van der Waals surface area contributed by atoms with Gasteiger partial charge in [-0.15, -0.1) is 13.2 Å². The van der Waals surface area contributed by atoms with Crippen molar-refractivity contribution in [1.82, 2.24) is 0 Å². The number of methoxy groups -OCH3 is 1. The van der Waals surface area contributed by atoms with Gasteiger partial charge in [0.25, 0.3) is 0 Å². The third-order valence-corrected chi connectivity index (χ3v) is 2.25. The number of hydrogen-bond donors (Lipinski definition) is 1.